The molecule has 1 aromatic carbocycles. The van der Waals surface area contributed by atoms with Crippen molar-refractivity contribution in [3.05, 3.63) is 41.1 Å². The number of aromatic carboxylic acids is 2. The van der Waals surface area contributed by atoms with Crippen molar-refractivity contribution in [2.45, 2.75) is 6.18 Å². The molecule has 0 aliphatic heterocycles. The molecule has 0 spiro atoms. The van der Waals surface area contributed by atoms with Crippen molar-refractivity contribution in [3.63, 3.8) is 0 Å². The molecule has 2 rings (SSSR count). The number of nitrogens with zero attached hydrogens (tertiary/aromatic N) is 1. The van der Waals surface area contributed by atoms with Crippen molar-refractivity contribution in [1.82, 2.24) is 4.98 Å². The molecule has 104 valence electrons. The lowest BCUT2D eigenvalue weighted by molar-refractivity contribution is -0.137. The van der Waals surface area contributed by atoms with Crippen LogP contribution in [0.4, 0.5) is 13.2 Å². The van der Waals surface area contributed by atoms with Crippen molar-refractivity contribution in [2.75, 3.05) is 0 Å². The van der Waals surface area contributed by atoms with Crippen LogP contribution in [0.2, 0.25) is 0 Å². The molecule has 0 amide bonds. The Morgan fingerprint density at radius 3 is 2.20 bits per heavy atom. The van der Waals surface area contributed by atoms with Gasteiger partial charge in [-0.2, -0.15) is 13.2 Å². The summed E-state index contributed by atoms with van der Waals surface area (Å²) in [5, 5.41) is 17.7. The number of carboxylic acids is 2. The standard InChI is InChI=1S/C12H6F3NO4/c13-12(14,15)5-1-2-6-7(10(17)18)4-9(11(19)20)16-8(6)3-5/h1-4H,(H,17,18)(H,19,20). The Labute approximate surface area is 109 Å². The van der Waals surface area contributed by atoms with Gasteiger partial charge in [0.2, 0.25) is 0 Å². The number of aromatic nitrogens is 1. The summed E-state index contributed by atoms with van der Waals surface area (Å²) in [5.41, 5.74) is -2.41. The highest BCUT2D eigenvalue weighted by molar-refractivity contribution is 6.05. The summed E-state index contributed by atoms with van der Waals surface area (Å²) in [6.07, 6.45) is -4.63. The first-order valence-corrected chi connectivity index (χ1v) is 5.19. The average molecular weight is 285 g/mol. The number of fused-ring (bicyclic) bond motifs is 1. The lowest BCUT2D eigenvalue weighted by Gasteiger charge is -2.09. The molecule has 0 saturated carbocycles. The monoisotopic (exact) mass is 285 g/mol. The summed E-state index contributed by atoms with van der Waals surface area (Å²) in [5.74, 6) is -2.97. The minimum absolute atomic E-state index is 0.0597. The van der Waals surface area contributed by atoms with Gasteiger partial charge in [-0.3, -0.25) is 0 Å². The Bertz CT molecular complexity index is 724. The van der Waals surface area contributed by atoms with Gasteiger partial charge in [0.1, 0.15) is 5.69 Å². The first-order valence-electron chi connectivity index (χ1n) is 5.19. The molecule has 0 aliphatic carbocycles. The average Bonchev–Trinajstić information content (AvgIpc) is 2.35. The number of alkyl halides is 3. The van der Waals surface area contributed by atoms with E-state index in [1.54, 1.807) is 0 Å². The fraction of sp³-hybridized carbons (Fsp3) is 0.0833. The number of carboxylic acid groups (broad SMARTS) is 2. The lowest BCUT2D eigenvalue weighted by Crippen LogP contribution is -2.08. The van der Waals surface area contributed by atoms with E-state index in [0.29, 0.717) is 6.07 Å². The zero-order chi connectivity index (χ0) is 15.1. The number of hydrogen-bond donors (Lipinski definition) is 2. The van der Waals surface area contributed by atoms with Crippen LogP contribution < -0.4 is 0 Å². The van der Waals surface area contributed by atoms with E-state index >= 15 is 0 Å². The zero-order valence-electron chi connectivity index (χ0n) is 9.60. The molecule has 2 aromatic rings. The minimum atomic E-state index is -4.63. The molecule has 20 heavy (non-hydrogen) atoms. The van der Waals surface area contributed by atoms with Crippen LogP contribution in [0.25, 0.3) is 10.9 Å². The van der Waals surface area contributed by atoms with Crippen molar-refractivity contribution in [1.29, 1.82) is 0 Å². The summed E-state index contributed by atoms with van der Waals surface area (Å²) in [4.78, 5) is 25.4. The molecule has 2 N–H and O–H groups in total. The lowest BCUT2D eigenvalue weighted by atomic mass is 10.0. The maximum Gasteiger partial charge on any atom is 0.416 e. The number of pyridine rings is 1. The molecule has 0 unspecified atom stereocenters. The fourth-order valence-electron chi connectivity index (χ4n) is 1.69. The van der Waals surface area contributed by atoms with Crippen LogP contribution in [0.5, 0.6) is 0 Å². The van der Waals surface area contributed by atoms with Crippen LogP contribution in [0.1, 0.15) is 26.4 Å². The molecule has 0 atom stereocenters. The molecular weight excluding hydrogens is 279 g/mol. The van der Waals surface area contributed by atoms with Gasteiger partial charge in [-0.05, 0) is 18.2 Å². The second-order valence-corrected chi connectivity index (χ2v) is 3.90. The van der Waals surface area contributed by atoms with E-state index in [9.17, 15) is 22.8 Å². The third kappa shape index (κ3) is 2.40. The van der Waals surface area contributed by atoms with Gasteiger partial charge < -0.3 is 10.2 Å². The topological polar surface area (TPSA) is 87.5 Å². The van der Waals surface area contributed by atoms with E-state index in [1.807, 2.05) is 0 Å². The molecule has 0 aliphatic rings. The zero-order valence-corrected chi connectivity index (χ0v) is 9.60. The third-order valence-electron chi connectivity index (χ3n) is 2.59. The minimum Gasteiger partial charge on any atom is -0.478 e. The molecule has 1 heterocycles. The molecular formula is C12H6F3NO4. The van der Waals surface area contributed by atoms with Crippen LogP contribution >= 0.6 is 0 Å². The van der Waals surface area contributed by atoms with Gasteiger partial charge in [-0.15, -0.1) is 0 Å². The number of halogens is 3. The number of benzene rings is 1. The Morgan fingerprint density at radius 2 is 1.70 bits per heavy atom. The molecule has 0 bridgehead atoms. The molecule has 0 radical (unpaired) electrons. The first-order chi connectivity index (χ1) is 9.20. The fourth-order valence-corrected chi connectivity index (χ4v) is 1.69. The van der Waals surface area contributed by atoms with E-state index in [0.717, 1.165) is 18.2 Å². The van der Waals surface area contributed by atoms with Crippen LogP contribution in [0, 0.1) is 0 Å². The predicted octanol–water partition coefficient (Wildman–Crippen LogP) is 2.65. The van der Waals surface area contributed by atoms with Gasteiger partial charge in [0, 0.05) is 5.39 Å². The van der Waals surface area contributed by atoms with Gasteiger partial charge in [0.25, 0.3) is 0 Å². The summed E-state index contributed by atoms with van der Waals surface area (Å²) in [7, 11) is 0. The van der Waals surface area contributed by atoms with Crippen molar-refractivity contribution in [3.8, 4) is 0 Å². The SMILES string of the molecule is O=C(O)c1cc(C(=O)O)c2ccc(C(F)(F)F)cc2n1. The Morgan fingerprint density at radius 1 is 1.05 bits per heavy atom. The predicted molar refractivity (Wildman–Crippen MR) is 60.7 cm³/mol. The van der Waals surface area contributed by atoms with Gasteiger partial charge in [-0.1, -0.05) is 6.07 Å². The van der Waals surface area contributed by atoms with Gasteiger partial charge in [0.05, 0.1) is 16.6 Å². The van der Waals surface area contributed by atoms with Crippen LogP contribution in [0.3, 0.4) is 0 Å². The number of hydrogen-bond acceptors (Lipinski definition) is 3. The maximum atomic E-state index is 12.6. The normalized spacial score (nSPS) is 11.6. The summed E-state index contributed by atoms with van der Waals surface area (Å²) < 4.78 is 37.7. The van der Waals surface area contributed by atoms with E-state index in [1.165, 1.54) is 0 Å². The number of carbonyl (C=O) groups is 2. The Kier molecular flexibility index (Phi) is 3.09. The Hall–Kier alpha value is -2.64. The van der Waals surface area contributed by atoms with Crippen molar-refractivity contribution >= 4 is 22.8 Å². The third-order valence-corrected chi connectivity index (χ3v) is 2.59. The highest BCUT2D eigenvalue weighted by atomic mass is 19.4. The van der Waals surface area contributed by atoms with Crippen LogP contribution in [-0.2, 0) is 6.18 Å². The molecule has 5 nitrogen and oxygen atoms in total. The van der Waals surface area contributed by atoms with Gasteiger partial charge >= 0.3 is 18.1 Å². The van der Waals surface area contributed by atoms with E-state index < -0.39 is 34.9 Å². The van der Waals surface area contributed by atoms with Gasteiger partial charge in [0.15, 0.2) is 0 Å². The van der Waals surface area contributed by atoms with E-state index in [2.05, 4.69) is 4.98 Å². The second-order valence-electron chi connectivity index (χ2n) is 3.90. The van der Waals surface area contributed by atoms with Crippen LogP contribution in [0.15, 0.2) is 24.3 Å². The smallest absolute Gasteiger partial charge is 0.416 e. The molecule has 8 heteroatoms. The summed E-state index contributed by atoms with van der Waals surface area (Å²) >= 11 is 0. The first kappa shape index (κ1) is 13.8. The molecule has 0 fully saturated rings. The van der Waals surface area contributed by atoms with E-state index in [4.69, 9.17) is 10.2 Å². The van der Waals surface area contributed by atoms with Gasteiger partial charge in [-0.25, -0.2) is 14.6 Å². The highest BCUT2D eigenvalue weighted by Crippen LogP contribution is 2.31. The Balaban J connectivity index is 2.80. The maximum absolute atomic E-state index is 12.6. The highest BCUT2D eigenvalue weighted by Gasteiger charge is 2.31. The quantitative estimate of drug-likeness (QED) is 0.885. The summed E-state index contributed by atoms with van der Waals surface area (Å²) in [6, 6.07) is 3.10. The molecule has 1 aromatic heterocycles. The number of rotatable bonds is 2. The van der Waals surface area contributed by atoms with Crippen LogP contribution in [-0.4, -0.2) is 27.1 Å². The molecule has 0 saturated heterocycles. The van der Waals surface area contributed by atoms with E-state index in [-0.39, 0.29) is 10.9 Å². The second kappa shape index (κ2) is 4.48. The summed E-state index contributed by atoms with van der Waals surface area (Å²) in [6.45, 7) is 0. The van der Waals surface area contributed by atoms with Crippen molar-refractivity contribution < 1.29 is 33.0 Å². The van der Waals surface area contributed by atoms with Crippen molar-refractivity contribution in [2.24, 2.45) is 0 Å². The largest absolute Gasteiger partial charge is 0.478 e.